The minimum atomic E-state index is 0.680. The van der Waals surface area contributed by atoms with E-state index in [0.29, 0.717) is 6.54 Å². The lowest BCUT2D eigenvalue weighted by molar-refractivity contribution is 0.298. The van der Waals surface area contributed by atoms with E-state index in [1.54, 1.807) is 0 Å². The maximum absolute atomic E-state index is 6.58. The molecule has 1 saturated heterocycles. The molecule has 0 aromatic carbocycles. The molecule has 2 aliphatic heterocycles. The van der Waals surface area contributed by atoms with E-state index in [4.69, 9.17) is 11.6 Å². The number of allylic oxidation sites excluding steroid dienone is 5. The second-order valence-electron chi connectivity index (χ2n) is 6.90. The molecule has 0 atom stereocenters. The molecular formula is C22H30ClN5. The Bertz CT molecular complexity index is 777. The summed E-state index contributed by atoms with van der Waals surface area (Å²) in [5.41, 5.74) is 5.54. The average molecular weight is 400 g/mol. The van der Waals surface area contributed by atoms with Gasteiger partial charge in [-0.3, -0.25) is 4.99 Å². The summed E-state index contributed by atoms with van der Waals surface area (Å²) in [7, 11) is 0. The second-order valence-corrected chi connectivity index (χ2v) is 7.36. The fourth-order valence-electron chi connectivity index (χ4n) is 3.46. The maximum atomic E-state index is 6.58. The highest BCUT2D eigenvalue weighted by Crippen LogP contribution is 2.24. The second kappa shape index (κ2) is 10.3. The van der Waals surface area contributed by atoms with Gasteiger partial charge in [0, 0.05) is 45.1 Å². The maximum Gasteiger partial charge on any atom is 0.0783 e. The van der Waals surface area contributed by atoms with E-state index in [-0.39, 0.29) is 0 Å². The van der Waals surface area contributed by atoms with E-state index in [1.165, 1.54) is 11.1 Å². The van der Waals surface area contributed by atoms with Crippen LogP contribution in [0.1, 0.15) is 20.3 Å². The number of rotatable bonds is 6. The Labute approximate surface area is 173 Å². The van der Waals surface area contributed by atoms with Crippen LogP contribution in [0.4, 0.5) is 0 Å². The van der Waals surface area contributed by atoms with Gasteiger partial charge >= 0.3 is 0 Å². The van der Waals surface area contributed by atoms with Crippen molar-refractivity contribution < 1.29 is 0 Å². The van der Waals surface area contributed by atoms with E-state index in [1.807, 2.05) is 25.4 Å². The fraction of sp³-hybridized carbons (Fsp3) is 0.409. The predicted molar refractivity (Wildman–Crippen MR) is 119 cm³/mol. The molecule has 0 aromatic rings. The minimum absolute atomic E-state index is 0.680. The molecule has 150 valence electrons. The molecule has 0 spiro atoms. The lowest BCUT2D eigenvalue weighted by atomic mass is 9.99. The first kappa shape index (κ1) is 20.5. The van der Waals surface area contributed by atoms with Gasteiger partial charge < -0.3 is 20.9 Å². The van der Waals surface area contributed by atoms with Crippen molar-refractivity contribution in [2.24, 2.45) is 4.99 Å². The minimum Gasteiger partial charge on any atom is -0.384 e. The van der Waals surface area contributed by atoms with Gasteiger partial charge in [-0.15, -0.1) is 0 Å². The zero-order valence-electron chi connectivity index (χ0n) is 16.8. The Morgan fingerprint density at radius 2 is 2.11 bits per heavy atom. The summed E-state index contributed by atoms with van der Waals surface area (Å²) < 4.78 is 0. The molecule has 0 aromatic heterocycles. The molecule has 0 saturated carbocycles. The van der Waals surface area contributed by atoms with Crippen LogP contribution in [0.2, 0.25) is 0 Å². The highest BCUT2D eigenvalue weighted by atomic mass is 35.5. The van der Waals surface area contributed by atoms with E-state index < -0.39 is 0 Å². The van der Waals surface area contributed by atoms with Crippen LogP contribution in [0.15, 0.2) is 75.3 Å². The van der Waals surface area contributed by atoms with Crippen molar-refractivity contribution in [3.8, 4) is 0 Å². The first-order valence-corrected chi connectivity index (χ1v) is 10.4. The lowest BCUT2D eigenvalue weighted by Gasteiger charge is -2.35. The molecule has 0 radical (unpaired) electrons. The summed E-state index contributed by atoms with van der Waals surface area (Å²) in [4.78, 5) is 6.95. The monoisotopic (exact) mass is 399 g/mol. The first-order chi connectivity index (χ1) is 13.7. The van der Waals surface area contributed by atoms with Gasteiger partial charge in [0.25, 0.3) is 0 Å². The molecule has 2 heterocycles. The standard InChI is InChI=1S/C22H30ClN5/c1-3-5-18-7-6-17(13-20(18)26-8-4-2)14-27-21-16-25-15-19(23)22(21)28-11-9-24-10-12-28/h4-8,13,16,24-25,27H,3,9-12,14-15H2,1-2H3/b8-4-,18-5+,26-20+. The van der Waals surface area contributed by atoms with Gasteiger partial charge in [-0.05, 0) is 30.6 Å². The van der Waals surface area contributed by atoms with E-state index in [0.717, 1.165) is 61.3 Å². The number of nitrogens with one attached hydrogen (secondary N) is 3. The van der Waals surface area contributed by atoms with Crippen molar-refractivity contribution in [2.75, 3.05) is 39.3 Å². The number of piperazine rings is 1. The number of aliphatic imine (C=N–C) groups is 1. The molecule has 3 N–H and O–H groups in total. The summed E-state index contributed by atoms with van der Waals surface area (Å²) in [6.07, 6.45) is 15.5. The molecule has 1 aliphatic carbocycles. The Morgan fingerprint density at radius 1 is 1.29 bits per heavy atom. The summed E-state index contributed by atoms with van der Waals surface area (Å²) in [6.45, 7) is 9.44. The van der Waals surface area contributed by atoms with E-state index in [2.05, 4.69) is 57.1 Å². The smallest absolute Gasteiger partial charge is 0.0783 e. The Hall–Kier alpha value is -2.24. The largest absolute Gasteiger partial charge is 0.384 e. The molecular weight excluding hydrogens is 370 g/mol. The summed E-state index contributed by atoms with van der Waals surface area (Å²) in [5, 5.41) is 11.1. The molecule has 5 nitrogen and oxygen atoms in total. The summed E-state index contributed by atoms with van der Waals surface area (Å²) in [6, 6.07) is 0. The van der Waals surface area contributed by atoms with Crippen molar-refractivity contribution in [1.82, 2.24) is 20.9 Å². The SMILES string of the molecule is C\C=C/N=C1\C=C(CNC2=CNCC(Cl)=C2N2CCNCC2)C=C\C1=C/CC. The van der Waals surface area contributed by atoms with Crippen LogP contribution in [0.25, 0.3) is 0 Å². The third kappa shape index (κ3) is 5.18. The molecule has 0 bridgehead atoms. The predicted octanol–water partition coefficient (Wildman–Crippen LogP) is 3.18. The van der Waals surface area contributed by atoms with Crippen LogP contribution in [0.3, 0.4) is 0 Å². The third-order valence-corrected chi connectivity index (χ3v) is 5.13. The highest BCUT2D eigenvalue weighted by Gasteiger charge is 2.22. The zero-order chi connectivity index (χ0) is 19.8. The third-order valence-electron chi connectivity index (χ3n) is 4.81. The molecule has 0 unspecified atom stereocenters. The number of nitrogens with zero attached hydrogens (tertiary/aromatic N) is 2. The fourth-order valence-corrected chi connectivity index (χ4v) is 3.76. The normalized spacial score (nSPS) is 23.3. The summed E-state index contributed by atoms with van der Waals surface area (Å²) in [5.74, 6) is 0. The van der Waals surface area contributed by atoms with Crippen LogP contribution >= 0.6 is 11.6 Å². The topological polar surface area (TPSA) is 51.7 Å². The van der Waals surface area contributed by atoms with Crippen LogP contribution < -0.4 is 16.0 Å². The van der Waals surface area contributed by atoms with E-state index >= 15 is 0 Å². The first-order valence-electron chi connectivity index (χ1n) is 10.0. The van der Waals surface area contributed by atoms with E-state index in [9.17, 15) is 0 Å². The Kier molecular flexibility index (Phi) is 7.57. The zero-order valence-corrected chi connectivity index (χ0v) is 17.5. The molecule has 3 rings (SSSR count). The van der Waals surface area contributed by atoms with Crippen molar-refractivity contribution in [2.45, 2.75) is 20.3 Å². The number of dihydropyridines is 1. The molecule has 6 heteroatoms. The van der Waals surface area contributed by atoms with Crippen LogP contribution in [0, 0.1) is 0 Å². The molecule has 0 amide bonds. The van der Waals surface area contributed by atoms with Crippen molar-refractivity contribution in [3.05, 3.63) is 70.4 Å². The Morgan fingerprint density at radius 3 is 2.86 bits per heavy atom. The number of hydrogen-bond donors (Lipinski definition) is 3. The van der Waals surface area contributed by atoms with Gasteiger partial charge in [0.05, 0.1) is 28.7 Å². The van der Waals surface area contributed by atoms with Crippen LogP contribution in [0.5, 0.6) is 0 Å². The number of halogens is 1. The summed E-state index contributed by atoms with van der Waals surface area (Å²) >= 11 is 6.58. The van der Waals surface area contributed by atoms with Crippen molar-refractivity contribution in [1.29, 1.82) is 0 Å². The van der Waals surface area contributed by atoms with Crippen molar-refractivity contribution in [3.63, 3.8) is 0 Å². The highest BCUT2D eigenvalue weighted by molar-refractivity contribution is 6.30. The number of hydrogen-bond acceptors (Lipinski definition) is 5. The van der Waals surface area contributed by atoms with Crippen molar-refractivity contribution >= 4 is 17.3 Å². The average Bonchev–Trinajstić information content (AvgIpc) is 2.72. The van der Waals surface area contributed by atoms with Gasteiger partial charge in [0.15, 0.2) is 0 Å². The van der Waals surface area contributed by atoms with Gasteiger partial charge in [-0.1, -0.05) is 42.8 Å². The van der Waals surface area contributed by atoms with Gasteiger partial charge in [0.2, 0.25) is 0 Å². The van der Waals surface area contributed by atoms with Gasteiger partial charge in [-0.25, -0.2) is 0 Å². The molecule has 1 fully saturated rings. The molecule has 28 heavy (non-hydrogen) atoms. The van der Waals surface area contributed by atoms with Gasteiger partial charge in [-0.2, -0.15) is 0 Å². The van der Waals surface area contributed by atoms with Crippen LogP contribution in [-0.4, -0.2) is 49.9 Å². The van der Waals surface area contributed by atoms with Crippen LogP contribution in [-0.2, 0) is 0 Å². The van der Waals surface area contributed by atoms with Gasteiger partial charge in [0.1, 0.15) is 0 Å². The lowest BCUT2D eigenvalue weighted by Crippen LogP contribution is -2.45. The quantitative estimate of drug-likeness (QED) is 0.642. The molecule has 3 aliphatic rings. The Balaban J connectivity index is 1.72.